The lowest BCUT2D eigenvalue weighted by molar-refractivity contribution is -0.0312. The highest BCUT2D eigenvalue weighted by Crippen LogP contribution is 2.38. The summed E-state index contributed by atoms with van der Waals surface area (Å²) in [7, 11) is -5.84. The maximum atomic E-state index is 13.3. The van der Waals surface area contributed by atoms with Crippen molar-refractivity contribution in [3.63, 3.8) is 0 Å². The quantitative estimate of drug-likeness (QED) is 0.370. The van der Waals surface area contributed by atoms with E-state index in [1.165, 1.54) is 19.2 Å². The van der Waals surface area contributed by atoms with Gasteiger partial charge in [0.15, 0.2) is 0 Å². The van der Waals surface area contributed by atoms with Crippen LogP contribution in [0.1, 0.15) is 31.2 Å². The summed E-state index contributed by atoms with van der Waals surface area (Å²) in [6, 6.07) is 11.3. The van der Waals surface area contributed by atoms with Gasteiger partial charge >= 0.3 is 0 Å². The number of piperidine rings is 1. The van der Waals surface area contributed by atoms with Crippen molar-refractivity contribution in [1.82, 2.24) is 14.3 Å². The molecule has 2 fully saturated rings. The zero-order valence-corrected chi connectivity index (χ0v) is 24.2. The second-order valence-electron chi connectivity index (χ2n) is 10.6. The van der Waals surface area contributed by atoms with Crippen molar-refractivity contribution >= 4 is 20.0 Å². The molecule has 13 heteroatoms. The Bertz CT molecular complexity index is 1410. The monoisotopic (exact) mass is 595 g/mol. The Morgan fingerprint density at radius 3 is 2.70 bits per heavy atom. The van der Waals surface area contributed by atoms with Gasteiger partial charge in [-0.2, -0.15) is 4.31 Å². The standard InChI is InChI=1S/C27H37N3O8S2/c1-28-39(32,33)24-6-2-5-23(15-24)37-19-22(31)17-29-21-16-27(38-18-21)9-11-30(12-10-27)40(34,35)25-7-8-26-20(14-25)4-3-13-36-26/h2,5-8,14-15,21-22,28-29,31H,3-4,9-13,16-19H2,1H3/t21-,22?/m0/s1. The molecule has 11 nitrogen and oxygen atoms in total. The van der Waals surface area contributed by atoms with Gasteiger partial charge in [0.05, 0.1) is 28.6 Å². The predicted octanol–water partition coefficient (Wildman–Crippen LogP) is 1.26. The second kappa shape index (κ2) is 11.9. The van der Waals surface area contributed by atoms with E-state index < -0.39 is 26.2 Å². The number of hydrogen-bond acceptors (Lipinski definition) is 9. The van der Waals surface area contributed by atoms with E-state index in [9.17, 15) is 21.9 Å². The molecule has 0 aromatic heterocycles. The molecule has 0 aliphatic carbocycles. The van der Waals surface area contributed by atoms with Crippen LogP contribution in [0.25, 0.3) is 0 Å². The number of aliphatic hydroxyl groups excluding tert-OH is 1. The maximum absolute atomic E-state index is 13.3. The number of hydrogen-bond donors (Lipinski definition) is 3. The van der Waals surface area contributed by atoms with Gasteiger partial charge in [0.1, 0.15) is 24.2 Å². The van der Waals surface area contributed by atoms with Crippen LogP contribution in [0.4, 0.5) is 0 Å². The Morgan fingerprint density at radius 1 is 1.12 bits per heavy atom. The average Bonchev–Trinajstić information content (AvgIpc) is 3.37. The minimum atomic E-state index is -3.60. The average molecular weight is 596 g/mol. The van der Waals surface area contributed by atoms with Crippen LogP contribution in [-0.2, 0) is 31.2 Å². The van der Waals surface area contributed by atoms with Crippen LogP contribution in [0, 0.1) is 0 Å². The number of nitrogens with zero attached hydrogens (tertiary/aromatic N) is 1. The lowest BCUT2D eigenvalue weighted by Gasteiger charge is -2.38. The summed E-state index contributed by atoms with van der Waals surface area (Å²) in [5.41, 5.74) is 0.561. The molecule has 5 rings (SSSR count). The molecule has 2 aromatic rings. The smallest absolute Gasteiger partial charge is 0.243 e. The van der Waals surface area contributed by atoms with E-state index in [0.717, 1.165) is 30.6 Å². The molecule has 0 radical (unpaired) electrons. The minimum absolute atomic E-state index is 0.00356. The molecule has 1 spiro atoms. The van der Waals surface area contributed by atoms with Crippen molar-refractivity contribution in [2.45, 2.75) is 59.6 Å². The number of ether oxygens (including phenoxy) is 3. The Hall–Kier alpha value is -2.26. The number of benzene rings is 2. The van der Waals surface area contributed by atoms with Crippen molar-refractivity contribution in [3.8, 4) is 11.5 Å². The summed E-state index contributed by atoms with van der Waals surface area (Å²) < 4.78 is 71.8. The highest BCUT2D eigenvalue weighted by atomic mass is 32.2. The first-order valence-electron chi connectivity index (χ1n) is 13.6. The van der Waals surface area contributed by atoms with Gasteiger partial charge in [-0.15, -0.1) is 0 Å². The Kier molecular flexibility index (Phi) is 8.72. The summed E-state index contributed by atoms with van der Waals surface area (Å²) >= 11 is 0. The molecule has 2 atom stereocenters. The third-order valence-corrected chi connectivity index (χ3v) is 11.1. The highest BCUT2D eigenvalue weighted by Gasteiger charge is 2.44. The first-order valence-corrected chi connectivity index (χ1v) is 16.5. The molecule has 2 saturated heterocycles. The molecule has 0 amide bonds. The van der Waals surface area contributed by atoms with Crippen molar-refractivity contribution in [3.05, 3.63) is 48.0 Å². The van der Waals surface area contributed by atoms with Gasteiger partial charge in [-0.05, 0) is 75.0 Å². The van der Waals surface area contributed by atoms with Gasteiger partial charge in [-0.1, -0.05) is 6.07 Å². The summed E-state index contributed by atoms with van der Waals surface area (Å²) in [6.45, 7) is 2.20. The Morgan fingerprint density at radius 2 is 1.93 bits per heavy atom. The molecule has 3 N–H and O–H groups in total. The molecule has 3 heterocycles. The van der Waals surface area contributed by atoms with E-state index in [2.05, 4.69) is 10.0 Å². The number of aryl methyl sites for hydroxylation is 1. The van der Waals surface area contributed by atoms with Gasteiger partial charge in [-0.25, -0.2) is 21.6 Å². The van der Waals surface area contributed by atoms with E-state index >= 15 is 0 Å². The molecular weight excluding hydrogens is 558 g/mol. The van der Waals surface area contributed by atoms with E-state index in [-0.39, 0.29) is 29.7 Å². The van der Waals surface area contributed by atoms with Crippen LogP contribution in [0.2, 0.25) is 0 Å². The largest absolute Gasteiger partial charge is 0.493 e. The first-order chi connectivity index (χ1) is 19.1. The molecule has 0 bridgehead atoms. The lowest BCUT2D eigenvalue weighted by Crippen LogP contribution is -2.47. The van der Waals surface area contributed by atoms with Gasteiger partial charge < -0.3 is 24.6 Å². The van der Waals surface area contributed by atoms with Crippen LogP contribution in [0.3, 0.4) is 0 Å². The van der Waals surface area contributed by atoms with E-state index in [1.54, 1.807) is 34.6 Å². The Balaban J connectivity index is 1.08. The SMILES string of the molecule is CNS(=O)(=O)c1cccc(OCC(O)CN[C@@H]2COC3(CCN(S(=O)(=O)c4ccc5c(c4)CCCO5)CC3)C2)c1. The molecule has 3 aliphatic heterocycles. The maximum Gasteiger partial charge on any atom is 0.243 e. The second-order valence-corrected chi connectivity index (χ2v) is 14.4. The normalized spacial score (nSPS) is 22.0. The van der Waals surface area contributed by atoms with Crippen molar-refractivity contribution in [1.29, 1.82) is 0 Å². The van der Waals surface area contributed by atoms with Gasteiger partial charge in [-0.3, -0.25) is 0 Å². The first kappa shape index (κ1) is 29.2. The van der Waals surface area contributed by atoms with E-state index in [0.29, 0.717) is 49.8 Å². The van der Waals surface area contributed by atoms with Crippen molar-refractivity contribution < 1.29 is 36.2 Å². The predicted molar refractivity (Wildman–Crippen MR) is 148 cm³/mol. The highest BCUT2D eigenvalue weighted by molar-refractivity contribution is 7.89. The fourth-order valence-corrected chi connectivity index (χ4v) is 7.76. The fraction of sp³-hybridized carbons (Fsp3) is 0.556. The summed E-state index contributed by atoms with van der Waals surface area (Å²) in [4.78, 5) is 0.399. The van der Waals surface area contributed by atoms with Crippen LogP contribution < -0.4 is 19.5 Å². The van der Waals surface area contributed by atoms with Crippen LogP contribution in [-0.4, -0.2) is 90.5 Å². The van der Waals surface area contributed by atoms with Crippen LogP contribution in [0.15, 0.2) is 52.3 Å². The molecule has 40 heavy (non-hydrogen) atoms. The number of rotatable bonds is 10. The zero-order chi connectivity index (χ0) is 28.4. The minimum Gasteiger partial charge on any atom is -0.493 e. The van der Waals surface area contributed by atoms with Gasteiger partial charge in [0.2, 0.25) is 20.0 Å². The molecular formula is C27H37N3O8S2. The molecule has 2 aromatic carbocycles. The zero-order valence-electron chi connectivity index (χ0n) is 22.5. The number of fused-ring (bicyclic) bond motifs is 1. The third-order valence-electron chi connectivity index (χ3n) is 7.83. The molecule has 220 valence electrons. The van der Waals surface area contributed by atoms with Crippen LogP contribution >= 0.6 is 0 Å². The van der Waals surface area contributed by atoms with E-state index in [1.807, 2.05) is 0 Å². The Labute approximate surface area is 235 Å². The number of sulfonamides is 2. The molecule has 0 saturated carbocycles. The third kappa shape index (κ3) is 6.46. The number of aliphatic hydroxyl groups is 1. The van der Waals surface area contributed by atoms with Crippen LogP contribution in [0.5, 0.6) is 11.5 Å². The fourth-order valence-electron chi connectivity index (χ4n) is 5.51. The van der Waals surface area contributed by atoms with Gasteiger partial charge in [0, 0.05) is 31.7 Å². The molecule has 3 aliphatic rings. The summed E-state index contributed by atoms with van der Waals surface area (Å²) in [5, 5.41) is 13.7. The summed E-state index contributed by atoms with van der Waals surface area (Å²) in [6.07, 6.45) is 2.84. The number of nitrogens with one attached hydrogen (secondary N) is 2. The molecule has 1 unspecified atom stereocenters. The summed E-state index contributed by atoms with van der Waals surface area (Å²) in [5.74, 6) is 1.12. The van der Waals surface area contributed by atoms with Gasteiger partial charge in [0.25, 0.3) is 0 Å². The lowest BCUT2D eigenvalue weighted by atomic mass is 9.88. The van der Waals surface area contributed by atoms with Crippen molar-refractivity contribution in [2.75, 3.05) is 46.5 Å². The topological polar surface area (TPSA) is 144 Å². The van der Waals surface area contributed by atoms with Crippen molar-refractivity contribution in [2.24, 2.45) is 0 Å². The van der Waals surface area contributed by atoms with E-state index in [4.69, 9.17) is 14.2 Å².